The second-order valence-corrected chi connectivity index (χ2v) is 4.11. The second-order valence-electron chi connectivity index (χ2n) is 4.11. The SMILES string of the molecule is CC(=O)OC1CC(c2cccc(N)c2)CN1. The first-order valence-electron chi connectivity index (χ1n) is 5.41. The number of benzene rings is 1. The highest BCUT2D eigenvalue weighted by molar-refractivity contribution is 5.66. The maximum atomic E-state index is 10.8. The molecule has 86 valence electrons. The van der Waals surface area contributed by atoms with Gasteiger partial charge in [-0.15, -0.1) is 0 Å². The summed E-state index contributed by atoms with van der Waals surface area (Å²) in [7, 11) is 0. The van der Waals surface area contributed by atoms with Crippen LogP contribution in [0.4, 0.5) is 5.69 Å². The van der Waals surface area contributed by atoms with Crippen LogP contribution >= 0.6 is 0 Å². The Kier molecular flexibility index (Phi) is 3.10. The van der Waals surface area contributed by atoms with Crippen molar-refractivity contribution in [3.63, 3.8) is 0 Å². The van der Waals surface area contributed by atoms with Crippen molar-refractivity contribution in [2.75, 3.05) is 12.3 Å². The molecule has 0 aromatic heterocycles. The largest absolute Gasteiger partial charge is 0.447 e. The van der Waals surface area contributed by atoms with Gasteiger partial charge in [-0.1, -0.05) is 12.1 Å². The van der Waals surface area contributed by atoms with Gasteiger partial charge >= 0.3 is 5.97 Å². The maximum Gasteiger partial charge on any atom is 0.304 e. The molecular weight excluding hydrogens is 204 g/mol. The number of carbonyl (C=O) groups excluding carboxylic acids is 1. The van der Waals surface area contributed by atoms with Crippen LogP contribution in [0, 0.1) is 0 Å². The van der Waals surface area contributed by atoms with E-state index in [0.29, 0.717) is 5.92 Å². The van der Waals surface area contributed by atoms with Crippen molar-refractivity contribution in [2.45, 2.75) is 25.5 Å². The smallest absolute Gasteiger partial charge is 0.304 e. The molecule has 0 bridgehead atoms. The lowest BCUT2D eigenvalue weighted by atomic mass is 9.98. The Labute approximate surface area is 94.8 Å². The molecule has 1 fully saturated rings. The summed E-state index contributed by atoms with van der Waals surface area (Å²) in [6.07, 6.45) is 0.646. The standard InChI is InChI=1S/C12H16N2O2/c1-8(15)16-12-6-10(7-14-12)9-3-2-4-11(13)5-9/h2-5,10,12,14H,6-7,13H2,1H3. The summed E-state index contributed by atoms with van der Waals surface area (Å²) in [5.41, 5.74) is 7.70. The zero-order valence-corrected chi connectivity index (χ0v) is 9.27. The van der Waals surface area contributed by atoms with Gasteiger partial charge in [0.05, 0.1) is 0 Å². The zero-order chi connectivity index (χ0) is 11.5. The van der Waals surface area contributed by atoms with Crippen molar-refractivity contribution in [1.82, 2.24) is 5.32 Å². The number of esters is 1. The first-order valence-corrected chi connectivity index (χ1v) is 5.41. The molecule has 1 aliphatic rings. The molecule has 1 heterocycles. The van der Waals surface area contributed by atoms with Gasteiger partial charge in [0, 0.05) is 31.5 Å². The molecule has 1 saturated heterocycles. The molecule has 0 radical (unpaired) electrons. The Morgan fingerprint density at radius 1 is 1.56 bits per heavy atom. The van der Waals surface area contributed by atoms with E-state index in [9.17, 15) is 4.79 Å². The molecule has 2 unspecified atom stereocenters. The topological polar surface area (TPSA) is 64.3 Å². The third-order valence-corrected chi connectivity index (χ3v) is 2.78. The van der Waals surface area contributed by atoms with Gasteiger partial charge in [0.1, 0.15) is 0 Å². The average molecular weight is 220 g/mol. The van der Waals surface area contributed by atoms with Crippen molar-refractivity contribution in [2.24, 2.45) is 0 Å². The summed E-state index contributed by atoms with van der Waals surface area (Å²) in [6.45, 7) is 2.25. The zero-order valence-electron chi connectivity index (χ0n) is 9.27. The van der Waals surface area contributed by atoms with Crippen molar-refractivity contribution < 1.29 is 9.53 Å². The van der Waals surface area contributed by atoms with Crippen LogP contribution in [0.3, 0.4) is 0 Å². The lowest BCUT2D eigenvalue weighted by Crippen LogP contribution is -2.26. The third-order valence-electron chi connectivity index (χ3n) is 2.78. The molecular formula is C12H16N2O2. The van der Waals surface area contributed by atoms with E-state index < -0.39 is 0 Å². The second kappa shape index (κ2) is 4.53. The first kappa shape index (κ1) is 11.0. The molecule has 16 heavy (non-hydrogen) atoms. The molecule has 1 aliphatic heterocycles. The van der Waals surface area contributed by atoms with Crippen LogP contribution in [0.25, 0.3) is 0 Å². The maximum absolute atomic E-state index is 10.8. The summed E-state index contributed by atoms with van der Waals surface area (Å²) in [4.78, 5) is 10.8. The number of anilines is 1. The fraction of sp³-hybridized carbons (Fsp3) is 0.417. The highest BCUT2D eigenvalue weighted by atomic mass is 16.6. The van der Waals surface area contributed by atoms with Gasteiger partial charge in [-0.2, -0.15) is 0 Å². The molecule has 0 amide bonds. The predicted octanol–water partition coefficient (Wildman–Crippen LogP) is 1.23. The Balaban J connectivity index is 2.00. The Morgan fingerprint density at radius 2 is 2.38 bits per heavy atom. The van der Waals surface area contributed by atoms with E-state index in [1.165, 1.54) is 12.5 Å². The van der Waals surface area contributed by atoms with Crippen molar-refractivity contribution in [3.05, 3.63) is 29.8 Å². The minimum absolute atomic E-state index is 0.163. The van der Waals surface area contributed by atoms with Crippen molar-refractivity contribution >= 4 is 11.7 Å². The Bertz CT molecular complexity index is 392. The van der Waals surface area contributed by atoms with E-state index >= 15 is 0 Å². The average Bonchev–Trinajstić information content (AvgIpc) is 2.65. The van der Waals surface area contributed by atoms with Gasteiger partial charge in [-0.05, 0) is 17.7 Å². The third kappa shape index (κ3) is 2.52. The van der Waals surface area contributed by atoms with Crippen LogP contribution in [0.1, 0.15) is 24.8 Å². The number of nitrogen functional groups attached to an aromatic ring is 1. The molecule has 0 aliphatic carbocycles. The molecule has 1 aromatic rings. The monoisotopic (exact) mass is 220 g/mol. The minimum atomic E-state index is -0.245. The first-order chi connectivity index (χ1) is 7.65. The van der Waals surface area contributed by atoms with Crippen molar-refractivity contribution in [1.29, 1.82) is 0 Å². The number of hydrogen-bond acceptors (Lipinski definition) is 4. The molecule has 2 rings (SSSR count). The number of nitrogens with two attached hydrogens (primary N) is 1. The lowest BCUT2D eigenvalue weighted by Gasteiger charge is -2.11. The van der Waals surface area contributed by atoms with E-state index in [0.717, 1.165) is 18.7 Å². The molecule has 1 aromatic carbocycles. The number of hydrogen-bond donors (Lipinski definition) is 2. The number of carbonyl (C=O) groups is 1. The fourth-order valence-electron chi connectivity index (χ4n) is 2.06. The minimum Gasteiger partial charge on any atom is -0.447 e. The number of rotatable bonds is 2. The predicted molar refractivity (Wildman–Crippen MR) is 61.8 cm³/mol. The molecule has 4 heteroatoms. The van der Waals surface area contributed by atoms with Crippen molar-refractivity contribution in [3.8, 4) is 0 Å². The van der Waals surface area contributed by atoms with Gasteiger partial charge in [0.2, 0.25) is 0 Å². The molecule has 0 saturated carbocycles. The summed E-state index contributed by atoms with van der Waals surface area (Å²) in [5.74, 6) is 0.124. The highest BCUT2D eigenvalue weighted by Gasteiger charge is 2.27. The van der Waals surface area contributed by atoms with Gasteiger partial charge < -0.3 is 10.5 Å². The van der Waals surface area contributed by atoms with E-state index in [1.54, 1.807) is 0 Å². The van der Waals surface area contributed by atoms with Crippen LogP contribution in [-0.4, -0.2) is 18.7 Å². The fourth-order valence-corrected chi connectivity index (χ4v) is 2.06. The Hall–Kier alpha value is -1.55. The van der Waals surface area contributed by atoms with E-state index in [-0.39, 0.29) is 12.2 Å². The Morgan fingerprint density at radius 3 is 3.06 bits per heavy atom. The van der Waals surface area contributed by atoms with E-state index in [2.05, 4.69) is 11.4 Å². The normalized spacial score (nSPS) is 24.3. The van der Waals surface area contributed by atoms with Gasteiger partial charge in [-0.3, -0.25) is 10.1 Å². The van der Waals surface area contributed by atoms with Crippen LogP contribution in [0.2, 0.25) is 0 Å². The van der Waals surface area contributed by atoms with E-state index in [1.807, 2.05) is 18.2 Å². The molecule has 0 spiro atoms. The number of nitrogens with one attached hydrogen (secondary N) is 1. The van der Waals surface area contributed by atoms with E-state index in [4.69, 9.17) is 10.5 Å². The van der Waals surface area contributed by atoms with Gasteiger partial charge in [-0.25, -0.2) is 0 Å². The quantitative estimate of drug-likeness (QED) is 0.581. The van der Waals surface area contributed by atoms with Gasteiger partial charge in [0.15, 0.2) is 6.23 Å². The highest BCUT2D eigenvalue weighted by Crippen LogP contribution is 2.27. The number of ether oxygens (including phenoxy) is 1. The van der Waals surface area contributed by atoms with Crippen LogP contribution in [0.15, 0.2) is 24.3 Å². The van der Waals surface area contributed by atoms with Crippen LogP contribution < -0.4 is 11.1 Å². The summed E-state index contributed by atoms with van der Waals surface area (Å²) < 4.78 is 5.11. The van der Waals surface area contributed by atoms with Gasteiger partial charge in [0.25, 0.3) is 0 Å². The lowest BCUT2D eigenvalue weighted by molar-refractivity contribution is -0.147. The summed E-state index contributed by atoms with van der Waals surface area (Å²) >= 11 is 0. The summed E-state index contributed by atoms with van der Waals surface area (Å²) in [5, 5.41) is 3.17. The molecule has 4 nitrogen and oxygen atoms in total. The van der Waals surface area contributed by atoms with Crippen LogP contribution in [0.5, 0.6) is 0 Å². The van der Waals surface area contributed by atoms with Crippen LogP contribution in [-0.2, 0) is 9.53 Å². The molecule has 2 atom stereocenters. The molecule has 3 N–H and O–H groups in total. The summed E-state index contributed by atoms with van der Waals surface area (Å²) in [6, 6.07) is 7.85.